The number of ether oxygens (including phenoxy) is 1. The van der Waals surface area contributed by atoms with Crippen molar-refractivity contribution < 1.29 is 4.74 Å². The van der Waals surface area contributed by atoms with Gasteiger partial charge in [-0.05, 0) is 5.92 Å². The van der Waals surface area contributed by atoms with Gasteiger partial charge in [0.1, 0.15) is 16.1 Å². The zero-order valence-electron chi connectivity index (χ0n) is 7.77. The molecule has 0 atom stereocenters. The van der Waals surface area contributed by atoms with Gasteiger partial charge in [-0.2, -0.15) is 0 Å². The summed E-state index contributed by atoms with van der Waals surface area (Å²) in [7, 11) is 1.59. The molecule has 0 aromatic carbocycles. The van der Waals surface area contributed by atoms with Gasteiger partial charge >= 0.3 is 0 Å². The normalized spacial score (nSPS) is 10.6. The van der Waals surface area contributed by atoms with E-state index in [4.69, 9.17) is 27.9 Å². The summed E-state index contributed by atoms with van der Waals surface area (Å²) in [5, 5.41) is 0.769. The van der Waals surface area contributed by atoms with Crippen molar-refractivity contribution >= 4 is 23.2 Å². The average Bonchev–Trinajstić information content (AvgIpc) is 2.01. The lowest BCUT2D eigenvalue weighted by molar-refractivity contribution is 0.407. The molecule has 1 heterocycles. The molecule has 0 amide bonds. The third kappa shape index (κ3) is 2.26. The molecule has 0 aliphatic carbocycles. The first-order chi connectivity index (χ1) is 6.06. The first kappa shape index (κ1) is 10.6. The third-order valence-electron chi connectivity index (χ3n) is 1.74. The van der Waals surface area contributed by atoms with Crippen LogP contribution in [0.3, 0.4) is 0 Å². The summed E-state index contributed by atoms with van der Waals surface area (Å²) in [6.45, 7) is 4.05. The highest BCUT2D eigenvalue weighted by atomic mass is 35.5. The summed E-state index contributed by atoms with van der Waals surface area (Å²) >= 11 is 11.7. The predicted octanol–water partition coefficient (Wildman–Crippen LogP) is 3.52. The fraction of sp³-hybridized carbons (Fsp3) is 0.444. The van der Waals surface area contributed by atoms with Gasteiger partial charge in [0.25, 0.3) is 0 Å². The van der Waals surface area contributed by atoms with E-state index in [0.717, 1.165) is 5.56 Å². The SMILES string of the molecule is COc1cc(Cl)nc(Cl)c1C(C)C. The van der Waals surface area contributed by atoms with E-state index in [2.05, 4.69) is 4.98 Å². The Labute approximate surface area is 87.8 Å². The number of rotatable bonds is 2. The number of methoxy groups -OCH3 is 1. The molecule has 0 saturated heterocycles. The van der Waals surface area contributed by atoms with Gasteiger partial charge < -0.3 is 4.74 Å². The van der Waals surface area contributed by atoms with Crippen LogP contribution in [0.2, 0.25) is 10.3 Å². The second kappa shape index (κ2) is 4.16. The van der Waals surface area contributed by atoms with Crippen LogP contribution in [0.4, 0.5) is 0 Å². The largest absolute Gasteiger partial charge is 0.496 e. The highest BCUT2D eigenvalue weighted by Gasteiger charge is 2.14. The first-order valence-corrected chi connectivity index (χ1v) is 4.71. The fourth-order valence-corrected chi connectivity index (χ4v) is 1.79. The van der Waals surface area contributed by atoms with E-state index in [-0.39, 0.29) is 5.92 Å². The van der Waals surface area contributed by atoms with E-state index in [1.165, 1.54) is 0 Å². The molecule has 0 unspecified atom stereocenters. The monoisotopic (exact) mass is 219 g/mol. The maximum absolute atomic E-state index is 5.93. The van der Waals surface area contributed by atoms with E-state index >= 15 is 0 Å². The van der Waals surface area contributed by atoms with Crippen LogP contribution in [0, 0.1) is 0 Å². The Bertz CT molecular complexity index is 313. The molecule has 0 fully saturated rings. The average molecular weight is 220 g/mol. The number of halogens is 2. The van der Waals surface area contributed by atoms with Crippen LogP contribution in [0.5, 0.6) is 5.75 Å². The molecule has 0 radical (unpaired) electrons. The van der Waals surface area contributed by atoms with Crippen molar-refractivity contribution in [3.63, 3.8) is 0 Å². The highest BCUT2D eigenvalue weighted by molar-refractivity contribution is 6.33. The van der Waals surface area contributed by atoms with Gasteiger partial charge in [-0.15, -0.1) is 0 Å². The topological polar surface area (TPSA) is 22.1 Å². The Balaban J connectivity index is 3.30. The summed E-state index contributed by atoms with van der Waals surface area (Å²) in [5.41, 5.74) is 0.897. The molecule has 4 heteroatoms. The molecule has 0 saturated carbocycles. The van der Waals surface area contributed by atoms with E-state index in [9.17, 15) is 0 Å². The highest BCUT2D eigenvalue weighted by Crippen LogP contribution is 2.33. The molecular formula is C9H11Cl2NO. The minimum Gasteiger partial charge on any atom is -0.496 e. The van der Waals surface area contributed by atoms with Gasteiger partial charge in [-0.25, -0.2) is 4.98 Å². The van der Waals surface area contributed by atoms with Crippen molar-refractivity contribution in [3.8, 4) is 5.75 Å². The summed E-state index contributed by atoms with van der Waals surface area (Å²) in [6, 6.07) is 1.67. The number of hydrogen-bond donors (Lipinski definition) is 0. The van der Waals surface area contributed by atoms with E-state index in [0.29, 0.717) is 16.1 Å². The minimum atomic E-state index is 0.271. The van der Waals surface area contributed by atoms with Gasteiger partial charge in [0.05, 0.1) is 7.11 Å². The molecule has 72 valence electrons. The zero-order chi connectivity index (χ0) is 10.0. The Morgan fingerprint density at radius 2 is 2.00 bits per heavy atom. The Morgan fingerprint density at radius 3 is 2.46 bits per heavy atom. The Hall–Kier alpha value is -0.470. The predicted molar refractivity (Wildman–Crippen MR) is 54.9 cm³/mol. The van der Waals surface area contributed by atoms with E-state index in [1.54, 1.807) is 13.2 Å². The van der Waals surface area contributed by atoms with Crippen LogP contribution >= 0.6 is 23.2 Å². The third-order valence-corrected chi connectivity index (χ3v) is 2.22. The number of nitrogens with zero attached hydrogens (tertiary/aromatic N) is 1. The molecule has 2 nitrogen and oxygen atoms in total. The summed E-state index contributed by atoms with van der Waals surface area (Å²) in [5.74, 6) is 0.965. The summed E-state index contributed by atoms with van der Waals surface area (Å²) in [6.07, 6.45) is 0. The standard InChI is InChI=1S/C9H11Cl2NO/c1-5(2)8-6(13-3)4-7(10)12-9(8)11/h4-5H,1-3H3. The molecule has 0 spiro atoms. The molecule has 13 heavy (non-hydrogen) atoms. The summed E-state index contributed by atoms with van der Waals surface area (Å²) in [4.78, 5) is 3.95. The molecule has 0 aliphatic heterocycles. The second-order valence-corrected chi connectivity index (χ2v) is 3.75. The van der Waals surface area contributed by atoms with E-state index < -0.39 is 0 Å². The fourth-order valence-electron chi connectivity index (χ4n) is 1.17. The number of hydrogen-bond acceptors (Lipinski definition) is 2. The van der Waals surface area contributed by atoms with Crippen molar-refractivity contribution in [2.45, 2.75) is 19.8 Å². The molecule has 1 rings (SSSR count). The van der Waals surface area contributed by atoms with Crippen molar-refractivity contribution in [1.29, 1.82) is 0 Å². The lowest BCUT2D eigenvalue weighted by atomic mass is 10.1. The first-order valence-electron chi connectivity index (χ1n) is 3.96. The van der Waals surface area contributed by atoms with Gasteiger partial charge in [0.15, 0.2) is 0 Å². The van der Waals surface area contributed by atoms with Crippen LogP contribution < -0.4 is 4.74 Å². The van der Waals surface area contributed by atoms with Crippen LogP contribution in [0.25, 0.3) is 0 Å². The minimum absolute atomic E-state index is 0.271. The Kier molecular flexibility index (Phi) is 3.40. The van der Waals surface area contributed by atoms with Crippen molar-refractivity contribution in [3.05, 3.63) is 21.9 Å². The van der Waals surface area contributed by atoms with Gasteiger partial charge in [0, 0.05) is 11.6 Å². The van der Waals surface area contributed by atoms with Gasteiger partial charge in [0.2, 0.25) is 0 Å². The molecule has 0 aliphatic rings. The van der Waals surface area contributed by atoms with E-state index in [1.807, 2.05) is 13.8 Å². The lowest BCUT2D eigenvalue weighted by Gasteiger charge is -2.12. The number of aromatic nitrogens is 1. The smallest absolute Gasteiger partial charge is 0.137 e. The zero-order valence-corrected chi connectivity index (χ0v) is 9.28. The van der Waals surface area contributed by atoms with Crippen molar-refractivity contribution in [2.24, 2.45) is 0 Å². The molecule has 0 bridgehead atoms. The quantitative estimate of drug-likeness (QED) is 0.711. The maximum Gasteiger partial charge on any atom is 0.137 e. The van der Waals surface area contributed by atoms with Crippen molar-refractivity contribution in [2.75, 3.05) is 7.11 Å². The molecule has 1 aromatic rings. The maximum atomic E-state index is 5.93. The van der Waals surface area contributed by atoms with Crippen LogP contribution in [-0.4, -0.2) is 12.1 Å². The van der Waals surface area contributed by atoms with Crippen LogP contribution in [-0.2, 0) is 0 Å². The second-order valence-electron chi connectivity index (χ2n) is 3.01. The Morgan fingerprint density at radius 1 is 1.38 bits per heavy atom. The molecular weight excluding hydrogens is 209 g/mol. The molecule has 1 aromatic heterocycles. The van der Waals surface area contributed by atoms with Gasteiger partial charge in [-0.3, -0.25) is 0 Å². The van der Waals surface area contributed by atoms with Crippen LogP contribution in [0.15, 0.2) is 6.07 Å². The van der Waals surface area contributed by atoms with Gasteiger partial charge in [-0.1, -0.05) is 37.0 Å². The van der Waals surface area contributed by atoms with Crippen molar-refractivity contribution in [1.82, 2.24) is 4.98 Å². The molecule has 0 N–H and O–H groups in total. The summed E-state index contributed by atoms with van der Waals surface area (Å²) < 4.78 is 5.16. The number of pyridine rings is 1. The van der Waals surface area contributed by atoms with Crippen LogP contribution in [0.1, 0.15) is 25.3 Å². The lowest BCUT2D eigenvalue weighted by Crippen LogP contribution is -1.97.